The maximum atomic E-state index is 12.2. The van der Waals surface area contributed by atoms with Gasteiger partial charge in [0.2, 0.25) is 0 Å². The first-order chi connectivity index (χ1) is 10.6. The minimum atomic E-state index is -0.541. The summed E-state index contributed by atoms with van der Waals surface area (Å²) in [6, 6.07) is 7.39. The van der Waals surface area contributed by atoms with Gasteiger partial charge in [0.25, 0.3) is 0 Å². The van der Waals surface area contributed by atoms with E-state index < -0.39 is 11.8 Å². The molecule has 1 rings (SSSR count). The van der Waals surface area contributed by atoms with Crippen LogP contribution in [0.4, 0.5) is 0 Å². The first-order valence-electron chi connectivity index (χ1n) is 7.82. The Hall–Kier alpha value is -2.04. The molecule has 0 aliphatic carbocycles. The van der Waals surface area contributed by atoms with Gasteiger partial charge >= 0.3 is 11.8 Å². The van der Waals surface area contributed by atoms with Gasteiger partial charge in [0, 0.05) is 19.6 Å². The zero-order chi connectivity index (χ0) is 16.4. The number of rotatable bonds is 8. The highest BCUT2D eigenvalue weighted by atomic mass is 16.5. The van der Waals surface area contributed by atoms with E-state index in [1.807, 2.05) is 31.2 Å². The molecule has 5 nitrogen and oxygen atoms in total. The highest BCUT2D eigenvalue weighted by Crippen LogP contribution is 2.11. The zero-order valence-electron chi connectivity index (χ0n) is 13.7. The number of benzene rings is 1. The van der Waals surface area contributed by atoms with Gasteiger partial charge in [-0.15, -0.1) is 0 Å². The number of hydrogen-bond donors (Lipinski definition) is 1. The van der Waals surface area contributed by atoms with Crippen molar-refractivity contribution >= 4 is 11.8 Å². The molecule has 0 radical (unpaired) electrons. The minimum Gasteiger partial charge on any atom is -0.497 e. The topological polar surface area (TPSA) is 58.6 Å². The van der Waals surface area contributed by atoms with Crippen molar-refractivity contribution in [2.45, 2.75) is 39.7 Å². The molecule has 0 spiro atoms. The highest BCUT2D eigenvalue weighted by Gasteiger charge is 2.20. The summed E-state index contributed by atoms with van der Waals surface area (Å²) >= 11 is 0. The summed E-state index contributed by atoms with van der Waals surface area (Å²) in [4.78, 5) is 25.8. The lowest BCUT2D eigenvalue weighted by Gasteiger charge is -2.21. The molecule has 0 bridgehead atoms. The number of ether oxygens (including phenoxy) is 1. The van der Waals surface area contributed by atoms with Crippen LogP contribution in [0.15, 0.2) is 24.3 Å². The Morgan fingerprint density at radius 1 is 1.09 bits per heavy atom. The Labute approximate surface area is 132 Å². The third-order valence-electron chi connectivity index (χ3n) is 3.37. The van der Waals surface area contributed by atoms with E-state index in [0.717, 1.165) is 30.6 Å². The van der Waals surface area contributed by atoms with Gasteiger partial charge in [-0.05, 0) is 30.5 Å². The lowest BCUT2D eigenvalue weighted by Crippen LogP contribution is -2.43. The SMILES string of the molecule is CCCCN(CCC)C(=O)C(=O)NCc1ccc(OC)cc1. The second kappa shape index (κ2) is 9.82. The Morgan fingerprint density at radius 3 is 2.32 bits per heavy atom. The zero-order valence-corrected chi connectivity index (χ0v) is 13.7. The lowest BCUT2D eigenvalue weighted by atomic mass is 10.2. The Morgan fingerprint density at radius 2 is 1.77 bits per heavy atom. The second-order valence-corrected chi connectivity index (χ2v) is 5.18. The first kappa shape index (κ1) is 18.0. The van der Waals surface area contributed by atoms with Crippen molar-refractivity contribution in [3.05, 3.63) is 29.8 Å². The number of carbonyl (C=O) groups is 2. The van der Waals surface area contributed by atoms with Crippen molar-refractivity contribution in [1.82, 2.24) is 10.2 Å². The minimum absolute atomic E-state index is 0.336. The summed E-state index contributed by atoms with van der Waals surface area (Å²) < 4.78 is 5.08. The summed E-state index contributed by atoms with van der Waals surface area (Å²) in [5.74, 6) is -0.218. The average Bonchev–Trinajstić information content (AvgIpc) is 2.56. The molecule has 0 aromatic heterocycles. The van der Waals surface area contributed by atoms with Crippen LogP contribution < -0.4 is 10.1 Å². The Kier molecular flexibility index (Phi) is 8.04. The molecule has 1 aromatic rings. The van der Waals surface area contributed by atoms with Crippen molar-refractivity contribution in [2.75, 3.05) is 20.2 Å². The quantitative estimate of drug-likeness (QED) is 0.750. The predicted octanol–water partition coefficient (Wildman–Crippen LogP) is 2.35. The lowest BCUT2D eigenvalue weighted by molar-refractivity contribution is -0.146. The second-order valence-electron chi connectivity index (χ2n) is 5.18. The van der Waals surface area contributed by atoms with Crippen LogP contribution in [0.2, 0.25) is 0 Å². The molecular weight excluding hydrogens is 280 g/mol. The van der Waals surface area contributed by atoms with Crippen molar-refractivity contribution in [3.63, 3.8) is 0 Å². The van der Waals surface area contributed by atoms with E-state index in [9.17, 15) is 9.59 Å². The van der Waals surface area contributed by atoms with Gasteiger partial charge in [0.05, 0.1) is 7.11 Å². The van der Waals surface area contributed by atoms with Crippen LogP contribution in [0, 0.1) is 0 Å². The molecule has 0 saturated carbocycles. The van der Waals surface area contributed by atoms with Crippen molar-refractivity contribution in [2.24, 2.45) is 0 Å². The van der Waals surface area contributed by atoms with Crippen molar-refractivity contribution < 1.29 is 14.3 Å². The fraction of sp³-hybridized carbons (Fsp3) is 0.529. The van der Waals surface area contributed by atoms with Gasteiger partial charge in [-0.3, -0.25) is 9.59 Å². The number of nitrogens with zero attached hydrogens (tertiary/aromatic N) is 1. The standard InChI is InChI=1S/C17H26N2O3/c1-4-6-12-19(11-5-2)17(21)16(20)18-13-14-7-9-15(22-3)10-8-14/h7-10H,4-6,11-13H2,1-3H3,(H,18,20). The van der Waals surface area contributed by atoms with E-state index in [4.69, 9.17) is 4.74 Å². The van der Waals surface area contributed by atoms with E-state index in [-0.39, 0.29) is 0 Å². The first-order valence-corrected chi connectivity index (χ1v) is 7.82. The largest absolute Gasteiger partial charge is 0.497 e. The average molecular weight is 306 g/mol. The molecular formula is C17H26N2O3. The fourth-order valence-electron chi connectivity index (χ4n) is 2.08. The molecule has 0 saturated heterocycles. The molecule has 0 unspecified atom stereocenters. The highest BCUT2D eigenvalue weighted by molar-refractivity contribution is 6.34. The molecule has 5 heteroatoms. The third kappa shape index (κ3) is 5.76. The molecule has 1 N–H and O–H groups in total. The number of methoxy groups -OCH3 is 1. The van der Waals surface area contributed by atoms with E-state index in [0.29, 0.717) is 19.6 Å². The van der Waals surface area contributed by atoms with Gasteiger partial charge in [0.15, 0.2) is 0 Å². The predicted molar refractivity (Wildman–Crippen MR) is 86.6 cm³/mol. The van der Waals surface area contributed by atoms with Gasteiger partial charge in [-0.25, -0.2) is 0 Å². The summed E-state index contributed by atoms with van der Waals surface area (Å²) in [7, 11) is 1.61. The van der Waals surface area contributed by atoms with Crippen LogP contribution in [0.25, 0.3) is 0 Å². The number of carbonyl (C=O) groups excluding carboxylic acids is 2. The van der Waals surface area contributed by atoms with Crippen LogP contribution in [0.5, 0.6) is 5.75 Å². The summed E-state index contributed by atoms with van der Waals surface area (Å²) in [5.41, 5.74) is 0.928. The van der Waals surface area contributed by atoms with Crippen molar-refractivity contribution in [3.8, 4) is 5.75 Å². The molecule has 0 atom stereocenters. The molecule has 0 heterocycles. The van der Waals surface area contributed by atoms with Crippen LogP contribution >= 0.6 is 0 Å². The summed E-state index contributed by atoms with van der Waals surface area (Å²) in [6.07, 6.45) is 2.76. The van der Waals surface area contributed by atoms with Crippen LogP contribution in [-0.4, -0.2) is 36.9 Å². The van der Waals surface area contributed by atoms with E-state index in [1.54, 1.807) is 12.0 Å². The van der Waals surface area contributed by atoms with E-state index in [1.165, 1.54) is 0 Å². The summed E-state index contributed by atoms with van der Waals surface area (Å²) in [6.45, 7) is 5.66. The molecule has 2 amide bonds. The fourth-order valence-corrected chi connectivity index (χ4v) is 2.08. The molecule has 122 valence electrons. The Balaban J connectivity index is 2.52. The van der Waals surface area contributed by atoms with Gasteiger partial charge < -0.3 is 15.0 Å². The van der Waals surface area contributed by atoms with E-state index in [2.05, 4.69) is 12.2 Å². The smallest absolute Gasteiger partial charge is 0.311 e. The van der Waals surface area contributed by atoms with Gasteiger partial charge in [-0.2, -0.15) is 0 Å². The molecule has 22 heavy (non-hydrogen) atoms. The number of nitrogens with one attached hydrogen (secondary N) is 1. The van der Waals surface area contributed by atoms with E-state index >= 15 is 0 Å². The normalized spacial score (nSPS) is 10.1. The third-order valence-corrected chi connectivity index (χ3v) is 3.37. The number of amides is 2. The van der Waals surface area contributed by atoms with Crippen LogP contribution in [-0.2, 0) is 16.1 Å². The van der Waals surface area contributed by atoms with Crippen molar-refractivity contribution in [1.29, 1.82) is 0 Å². The molecule has 0 aliphatic heterocycles. The molecule has 0 fully saturated rings. The number of hydrogen-bond acceptors (Lipinski definition) is 3. The molecule has 1 aromatic carbocycles. The van der Waals surface area contributed by atoms with Crippen LogP contribution in [0.3, 0.4) is 0 Å². The van der Waals surface area contributed by atoms with Gasteiger partial charge in [0.1, 0.15) is 5.75 Å². The van der Waals surface area contributed by atoms with Gasteiger partial charge in [-0.1, -0.05) is 32.4 Å². The monoisotopic (exact) mass is 306 g/mol. The summed E-state index contributed by atoms with van der Waals surface area (Å²) in [5, 5.41) is 2.68. The Bertz CT molecular complexity index is 471. The van der Waals surface area contributed by atoms with Crippen LogP contribution in [0.1, 0.15) is 38.7 Å². The maximum absolute atomic E-state index is 12.2. The maximum Gasteiger partial charge on any atom is 0.311 e. The molecule has 0 aliphatic rings. The number of unbranched alkanes of at least 4 members (excludes halogenated alkanes) is 1.